The second-order valence-corrected chi connectivity index (χ2v) is 15.9. The van der Waals surface area contributed by atoms with E-state index in [0.29, 0.717) is 116 Å². The van der Waals surface area contributed by atoms with Gasteiger partial charge < -0.3 is 50.5 Å². The summed E-state index contributed by atoms with van der Waals surface area (Å²) >= 11 is 0. The summed E-state index contributed by atoms with van der Waals surface area (Å²) in [6.07, 6.45) is 21.4. The van der Waals surface area contributed by atoms with Gasteiger partial charge in [0.05, 0.1) is 49.5 Å². The fourth-order valence-corrected chi connectivity index (χ4v) is 7.50. The summed E-state index contributed by atoms with van der Waals surface area (Å²) < 4.78 is 24.1. The second-order valence-electron chi connectivity index (χ2n) is 15.9. The van der Waals surface area contributed by atoms with Gasteiger partial charge >= 0.3 is 0 Å². The Balaban J connectivity index is 0.628. The number of nitrogens with two attached hydrogens (primary N) is 2. The third-order valence-corrected chi connectivity index (χ3v) is 11.1. The molecule has 6 N–H and O–H groups in total. The van der Waals surface area contributed by atoms with Gasteiger partial charge in [-0.2, -0.15) is 10.1 Å². The molecule has 1 fully saturated rings. The van der Waals surface area contributed by atoms with Crippen LogP contribution in [0.3, 0.4) is 0 Å². The lowest BCUT2D eigenvalue weighted by molar-refractivity contribution is -0.122. The Hall–Kier alpha value is -7.02. The topological polar surface area (TPSA) is 266 Å². The molecule has 1 saturated heterocycles. The van der Waals surface area contributed by atoms with Gasteiger partial charge in [0, 0.05) is 89.2 Å². The van der Waals surface area contributed by atoms with Crippen LogP contribution < -0.4 is 31.9 Å². The predicted octanol–water partition coefficient (Wildman–Crippen LogP) is 3.79. The van der Waals surface area contributed by atoms with E-state index in [0.717, 1.165) is 83.1 Å². The third kappa shape index (κ3) is 14.0. The number of amides is 2. The number of aryl methyl sites for hydroxylation is 1. The lowest BCUT2D eigenvalue weighted by Crippen LogP contribution is -2.47. The molecule has 0 radical (unpaired) electrons. The minimum Gasteiger partial charge on any atom is -0.424 e. The molecule has 0 aliphatic carbocycles. The predicted molar refractivity (Wildman–Crippen MR) is 253 cm³/mol. The lowest BCUT2D eigenvalue weighted by atomic mass is 10.1. The molecule has 0 saturated carbocycles. The number of piperazine rings is 1. The van der Waals surface area contributed by atoms with E-state index in [4.69, 9.17) is 41.6 Å². The number of hydrogen-bond donors (Lipinski definition) is 4. The normalized spacial score (nSPS) is 12.8. The van der Waals surface area contributed by atoms with Crippen molar-refractivity contribution in [2.24, 2.45) is 0 Å². The maximum Gasteiger partial charge on any atom is 0.292 e. The van der Waals surface area contributed by atoms with Crippen molar-refractivity contribution in [1.82, 2.24) is 55.3 Å². The molecule has 1 aromatic carbocycles. The van der Waals surface area contributed by atoms with Crippen LogP contribution in [-0.2, 0) is 25.5 Å². The summed E-state index contributed by atoms with van der Waals surface area (Å²) in [5, 5.41) is 11.4. The fraction of sp³-hybridized carbons (Fsp3) is 0.478. The maximum absolute atomic E-state index is 12.6. The highest BCUT2D eigenvalue weighted by molar-refractivity contribution is 5.99. The number of carbonyl (C=O) groups excluding carboxylic acids is 2. The van der Waals surface area contributed by atoms with Crippen LogP contribution in [0.15, 0.2) is 53.7 Å². The number of benzene rings is 1. The zero-order valence-corrected chi connectivity index (χ0v) is 37.8. The first-order valence-electron chi connectivity index (χ1n) is 22.9. The number of nitrogens with one attached hydrogen (secondary N) is 2. The number of hydrogen-bond acceptors (Lipinski definition) is 18. The minimum atomic E-state index is -0.162. The van der Waals surface area contributed by atoms with Crippen LogP contribution in [0.2, 0.25) is 0 Å². The van der Waals surface area contributed by atoms with Crippen molar-refractivity contribution in [1.29, 1.82) is 0 Å². The molecule has 21 nitrogen and oxygen atoms in total. The molecule has 1 aliphatic rings. The van der Waals surface area contributed by atoms with Gasteiger partial charge in [0.2, 0.25) is 17.8 Å². The summed E-state index contributed by atoms with van der Waals surface area (Å²) in [6, 6.07) is 5.61. The molecule has 354 valence electrons. The van der Waals surface area contributed by atoms with E-state index in [2.05, 4.69) is 61.2 Å². The Morgan fingerprint density at radius 3 is 2.07 bits per heavy atom. The molecular formula is C46H59N15O6. The van der Waals surface area contributed by atoms with Crippen molar-refractivity contribution in [3.05, 3.63) is 60.4 Å². The first-order valence-corrected chi connectivity index (χ1v) is 22.9. The monoisotopic (exact) mass is 917 g/mol. The third-order valence-electron chi connectivity index (χ3n) is 11.1. The highest BCUT2D eigenvalue weighted by Crippen LogP contribution is 2.32. The lowest BCUT2D eigenvalue weighted by Gasteiger charge is -2.34. The molecule has 0 bridgehead atoms. The Bertz CT molecular complexity index is 2540. The minimum absolute atomic E-state index is 0.0625. The summed E-state index contributed by atoms with van der Waals surface area (Å²) in [5.74, 6) is 3.90. The van der Waals surface area contributed by atoms with Crippen molar-refractivity contribution in [3.8, 4) is 23.6 Å². The standard InChI is InChI=1S/C46H59N15O6/c1-2-33-28-51-45(52-29-33)59-17-19-60(20-18-59)46-53-30-35(31-54-46)43(63)50-15-7-5-3-4-6-10-21-64-23-25-66-26-24-65-22-13-38(62)49-14-8-9-16-61-42-39(41(47)55-32-56-42)40(58-61)34-11-12-37-36(27-34)57-44(48)67-37/h1,11-12,27-32H,3-10,13-26H2,(H2,48,57)(H,49,62)(H,50,63)(H2,47,55,56). The molecule has 6 aromatic rings. The number of ether oxygens (including phenoxy) is 3. The van der Waals surface area contributed by atoms with Crippen LogP contribution in [0.25, 0.3) is 33.4 Å². The summed E-state index contributed by atoms with van der Waals surface area (Å²) in [6.45, 7) is 7.53. The number of nitrogen functional groups attached to an aromatic ring is 2. The van der Waals surface area contributed by atoms with Gasteiger partial charge in [-0.15, -0.1) is 6.42 Å². The van der Waals surface area contributed by atoms with Crippen molar-refractivity contribution in [2.75, 3.05) is 100 Å². The van der Waals surface area contributed by atoms with E-state index >= 15 is 0 Å². The van der Waals surface area contributed by atoms with Gasteiger partial charge in [-0.05, 0) is 43.9 Å². The molecule has 21 heteroatoms. The van der Waals surface area contributed by atoms with Crippen molar-refractivity contribution < 1.29 is 28.2 Å². The highest BCUT2D eigenvalue weighted by atomic mass is 16.5. The smallest absolute Gasteiger partial charge is 0.292 e. The number of rotatable bonds is 27. The fourth-order valence-electron chi connectivity index (χ4n) is 7.50. The van der Waals surface area contributed by atoms with Crippen molar-refractivity contribution in [3.63, 3.8) is 0 Å². The number of fused-ring (bicyclic) bond motifs is 2. The van der Waals surface area contributed by atoms with E-state index in [-0.39, 0.29) is 24.2 Å². The quantitative estimate of drug-likeness (QED) is 0.0423. The largest absolute Gasteiger partial charge is 0.424 e. The van der Waals surface area contributed by atoms with E-state index in [1.54, 1.807) is 30.9 Å². The van der Waals surface area contributed by atoms with Gasteiger partial charge in [0.25, 0.3) is 11.9 Å². The number of anilines is 4. The average molecular weight is 918 g/mol. The van der Waals surface area contributed by atoms with Gasteiger partial charge in [-0.3, -0.25) is 9.59 Å². The number of aromatic nitrogens is 9. The van der Waals surface area contributed by atoms with Crippen molar-refractivity contribution in [2.45, 2.75) is 64.3 Å². The zero-order chi connectivity index (χ0) is 46.6. The zero-order valence-electron chi connectivity index (χ0n) is 37.8. The molecule has 0 spiro atoms. The van der Waals surface area contributed by atoms with Gasteiger partial charge in [-0.1, -0.05) is 31.6 Å². The first-order chi connectivity index (χ1) is 32.9. The molecule has 1 aliphatic heterocycles. The van der Waals surface area contributed by atoms with E-state index in [9.17, 15) is 9.59 Å². The van der Waals surface area contributed by atoms with Crippen LogP contribution in [0, 0.1) is 12.3 Å². The van der Waals surface area contributed by atoms with E-state index in [1.165, 1.54) is 6.33 Å². The Kier molecular flexibility index (Phi) is 17.9. The number of nitrogens with zero attached hydrogens (tertiary/aromatic N) is 11. The molecular weight excluding hydrogens is 859 g/mol. The Morgan fingerprint density at radius 2 is 1.36 bits per heavy atom. The summed E-state index contributed by atoms with van der Waals surface area (Å²) in [5.41, 5.74) is 16.4. The molecule has 2 amide bonds. The highest BCUT2D eigenvalue weighted by Gasteiger charge is 2.22. The SMILES string of the molecule is C#Cc1cnc(N2CCN(c3ncc(C(=O)NCCCCCCCCOCCOCCOCCC(=O)NCCCCn4nc(-c5ccc6oc(N)nc6c5)c5c(N)ncnc54)cn3)CC2)nc1. The number of unbranched alkanes of at least 4 members (excludes halogenated alkanes) is 6. The summed E-state index contributed by atoms with van der Waals surface area (Å²) in [4.78, 5) is 59.6. The average Bonchev–Trinajstić information content (AvgIpc) is 3.93. The maximum atomic E-state index is 12.6. The molecule has 6 heterocycles. The van der Waals surface area contributed by atoms with Gasteiger partial charge in [-0.25, -0.2) is 34.6 Å². The van der Waals surface area contributed by atoms with E-state index in [1.807, 2.05) is 16.8 Å². The van der Waals surface area contributed by atoms with E-state index < -0.39 is 0 Å². The van der Waals surface area contributed by atoms with Crippen LogP contribution in [0.4, 0.5) is 23.7 Å². The van der Waals surface area contributed by atoms with Crippen molar-refractivity contribution >= 4 is 57.7 Å². The van der Waals surface area contributed by atoms with Crippen LogP contribution in [0.1, 0.15) is 73.7 Å². The van der Waals surface area contributed by atoms with Gasteiger partial charge in [0.15, 0.2) is 11.2 Å². The number of carbonyl (C=O) groups is 2. The van der Waals surface area contributed by atoms with Crippen LogP contribution in [-0.4, -0.2) is 135 Å². The summed E-state index contributed by atoms with van der Waals surface area (Å²) in [7, 11) is 0. The number of terminal acetylenes is 1. The molecule has 0 unspecified atom stereocenters. The molecule has 67 heavy (non-hydrogen) atoms. The molecule has 0 atom stereocenters. The van der Waals surface area contributed by atoms with Crippen LogP contribution >= 0.6 is 0 Å². The van der Waals surface area contributed by atoms with Gasteiger partial charge in [0.1, 0.15) is 23.4 Å². The second kappa shape index (κ2) is 25.0. The Labute approximate surface area is 388 Å². The molecule has 7 rings (SSSR count). The Morgan fingerprint density at radius 1 is 0.731 bits per heavy atom. The van der Waals surface area contributed by atoms with Crippen LogP contribution in [0.5, 0.6) is 0 Å². The first kappa shape index (κ1) is 47.9. The number of oxazole rings is 1. The molecule has 5 aromatic heterocycles.